The van der Waals surface area contributed by atoms with Gasteiger partial charge in [-0.3, -0.25) is 4.90 Å². The summed E-state index contributed by atoms with van der Waals surface area (Å²) in [6, 6.07) is 7.40. The Kier molecular flexibility index (Phi) is 5.35. The first kappa shape index (κ1) is 18.0. The van der Waals surface area contributed by atoms with Crippen molar-refractivity contribution in [1.29, 1.82) is 0 Å². The third-order valence-electron chi connectivity index (χ3n) is 6.62. The number of nitrogens with zero attached hydrogens (tertiary/aromatic N) is 1. The summed E-state index contributed by atoms with van der Waals surface area (Å²) in [4.78, 5) is 6.00. The molecule has 1 atom stereocenters. The van der Waals surface area contributed by atoms with Gasteiger partial charge in [-0.15, -0.1) is 0 Å². The zero-order chi connectivity index (χ0) is 18.0. The maximum atomic E-state index is 10.6. The van der Waals surface area contributed by atoms with Crippen molar-refractivity contribution >= 4 is 10.9 Å². The van der Waals surface area contributed by atoms with E-state index in [2.05, 4.69) is 34.3 Å². The number of aromatic amines is 1. The van der Waals surface area contributed by atoms with Gasteiger partial charge in [-0.25, -0.2) is 0 Å². The Morgan fingerprint density at radius 1 is 1.23 bits per heavy atom. The van der Waals surface area contributed by atoms with Gasteiger partial charge in [0.05, 0.1) is 5.60 Å². The van der Waals surface area contributed by atoms with Crippen LogP contribution in [-0.2, 0) is 12.8 Å². The zero-order valence-corrected chi connectivity index (χ0v) is 15.8. The maximum absolute atomic E-state index is 10.6. The highest BCUT2D eigenvalue weighted by molar-refractivity contribution is 5.84. The Hall–Kier alpha value is -1.36. The quantitative estimate of drug-likeness (QED) is 0.713. The number of aliphatic hydroxyl groups is 1. The van der Waals surface area contributed by atoms with Gasteiger partial charge in [-0.1, -0.05) is 18.9 Å². The summed E-state index contributed by atoms with van der Waals surface area (Å²) >= 11 is 0. The third-order valence-corrected chi connectivity index (χ3v) is 6.62. The van der Waals surface area contributed by atoms with Crippen LogP contribution in [0.3, 0.4) is 0 Å². The van der Waals surface area contributed by atoms with E-state index in [1.54, 1.807) is 0 Å². The van der Waals surface area contributed by atoms with Crippen LogP contribution in [0, 0.1) is 0 Å². The van der Waals surface area contributed by atoms with Gasteiger partial charge in [0, 0.05) is 36.2 Å². The number of aromatic nitrogens is 1. The lowest BCUT2D eigenvalue weighted by molar-refractivity contribution is 0.0391. The maximum Gasteiger partial charge on any atom is 0.0651 e. The Labute approximate surface area is 156 Å². The van der Waals surface area contributed by atoms with Crippen molar-refractivity contribution in [3.8, 4) is 0 Å². The number of hydrogen-bond acceptors (Lipinski definition) is 3. The zero-order valence-electron chi connectivity index (χ0n) is 15.8. The summed E-state index contributed by atoms with van der Waals surface area (Å²) in [5.74, 6) is 0. The molecule has 0 amide bonds. The second-order valence-corrected chi connectivity index (χ2v) is 8.45. The summed E-state index contributed by atoms with van der Waals surface area (Å²) in [5.41, 5.74) is 9.37. The van der Waals surface area contributed by atoms with Crippen LogP contribution < -0.4 is 5.73 Å². The second kappa shape index (κ2) is 7.71. The minimum atomic E-state index is -0.414. The van der Waals surface area contributed by atoms with Crippen LogP contribution in [0.1, 0.15) is 56.1 Å². The van der Waals surface area contributed by atoms with Crippen molar-refractivity contribution in [3.63, 3.8) is 0 Å². The average molecular weight is 356 g/mol. The molecule has 4 nitrogen and oxygen atoms in total. The summed E-state index contributed by atoms with van der Waals surface area (Å²) < 4.78 is 0. The highest BCUT2D eigenvalue weighted by Gasteiger charge is 2.30. The lowest BCUT2D eigenvalue weighted by atomic mass is 9.92. The Morgan fingerprint density at radius 3 is 2.88 bits per heavy atom. The molecule has 1 aliphatic heterocycles. The van der Waals surface area contributed by atoms with E-state index >= 15 is 0 Å². The molecule has 1 aromatic carbocycles. The van der Waals surface area contributed by atoms with Gasteiger partial charge in [0.25, 0.3) is 0 Å². The Morgan fingerprint density at radius 2 is 2.08 bits per heavy atom. The lowest BCUT2D eigenvalue weighted by Gasteiger charge is -2.23. The number of rotatable bonds is 7. The monoisotopic (exact) mass is 355 g/mol. The molecule has 1 aliphatic carbocycles. The fourth-order valence-corrected chi connectivity index (χ4v) is 5.05. The highest BCUT2D eigenvalue weighted by Crippen LogP contribution is 2.34. The van der Waals surface area contributed by atoms with E-state index in [1.165, 1.54) is 54.3 Å². The fourth-order valence-electron chi connectivity index (χ4n) is 5.05. The number of nitrogens with one attached hydrogen (secondary N) is 1. The third kappa shape index (κ3) is 3.83. The van der Waals surface area contributed by atoms with E-state index in [1.807, 2.05) is 0 Å². The molecule has 0 unspecified atom stereocenters. The molecule has 1 saturated heterocycles. The standard InChI is InChI=1S/C22H33N3O/c23-11-13-25-12-3-4-19(25)15-18-16-24-21-6-5-17(14-20(18)21)7-10-22(26)8-1-2-9-22/h5-6,14,16,19,24,26H,1-4,7-13,15,23H2/t19-/m1/s1. The molecule has 0 radical (unpaired) electrons. The number of fused-ring (bicyclic) bond motifs is 1. The fraction of sp³-hybridized carbons (Fsp3) is 0.636. The van der Waals surface area contributed by atoms with Gasteiger partial charge in [-0.2, -0.15) is 0 Å². The summed E-state index contributed by atoms with van der Waals surface area (Å²) in [6.45, 7) is 2.95. The number of nitrogens with two attached hydrogens (primary N) is 1. The molecule has 0 spiro atoms. The molecule has 4 rings (SSSR count). The van der Waals surface area contributed by atoms with Crippen LogP contribution >= 0.6 is 0 Å². The number of likely N-dealkylation sites (tertiary alicyclic amines) is 1. The van der Waals surface area contributed by atoms with Gasteiger partial charge >= 0.3 is 0 Å². The van der Waals surface area contributed by atoms with E-state index in [0.29, 0.717) is 6.04 Å². The first-order chi connectivity index (χ1) is 12.7. The molecule has 2 heterocycles. The van der Waals surface area contributed by atoms with E-state index in [0.717, 1.165) is 45.2 Å². The molecule has 2 aromatic rings. The van der Waals surface area contributed by atoms with E-state index < -0.39 is 5.60 Å². The van der Waals surface area contributed by atoms with Crippen LogP contribution in [0.5, 0.6) is 0 Å². The molecule has 1 aromatic heterocycles. The van der Waals surface area contributed by atoms with Gasteiger partial charge < -0.3 is 15.8 Å². The minimum Gasteiger partial charge on any atom is -0.390 e. The highest BCUT2D eigenvalue weighted by atomic mass is 16.3. The van der Waals surface area contributed by atoms with Crippen molar-refractivity contribution in [3.05, 3.63) is 35.5 Å². The molecule has 0 bridgehead atoms. The minimum absolute atomic E-state index is 0.414. The van der Waals surface area contributed by atoms with Crippen LogP contribution in [0.2, 0.25) is 0 Å². The Balaban J connectivity index is 1.47. The van der Waals surface area contributed by atoms with Crippen molar-refractivity contribution in [1.82, 2.24) is 9.88 Å². The van der Waals surface area contributed by atoms with Gasteiger partial charge in [-0.05, 0) is 74.8 Å². The molecule has 4 heteroatoms. The first-order valence-corrected chi connectivity index (χ1v) is 10.4. The predicted octanol–water partition coefficient (Wildman–Crippen LogP) is 3.37. The van der Waals surface area contributed by atoms with E-state index in [-0.39, 0.29) is 0 Å². The van der Waals surface area contributed by atoms with Crippen LogP contribution in [-0.4, -0.2) is 46.3 Å². The molecule has 2 fully saturated rings. The summed E-state index contributed by atoms with van der Waals surface area (Å²) in [7, 11) is 0. The van der Waals surface area contributed by atoms with Crippen molar-refractivity contribution in [2.45, 2.75) is 69.4 Å². The lowest BCUT2D eigenvalue weighted by Crippen LogP contribution is -2.35. The normalized spacial score (nSPS) is 23.2. The van der Waals surface area contributed by atoms with Crippen LogP contribution in [0.15, 0.2) is 24.4 Å². The average Bonchev–Trinajstić information content (AvgIpc) is 3.36. The van der Waals surface area contributed by atoms with Gasteiger partial charge in [0.2, 0.25) is 0 Å². The first-order valence-electron chi connectivity index (χ1n) is 10.4. The second-order valence-electron chi connectivity index (χ2n) is 8.45. The number of hydrogen-bond donors (Lipinski definition) is 3. The smallest absolute Gasteiger partial charge is 0.0651 e. The molecule has 142 valence electrons. The molecule has 2 aliphatic rings. The number of benzene rings is 1. The summed E-state index contributed by atoms with van der Waals surface area (Å²) in [6.07, 6.45) is 12.0. The molecule has 26 heavy (non-hydrogen) atoms. The summed E-state index contributed by atoms with van der Waals surface area (Å²) in [5, 5.41) is 12.0. The van der Waals surface area contributed by atoms with Crippen molar-refractivity contribution < 1.29 is 5.11 Å². The molecular weight excluding hydrogens is 322 g/mol. The number of aryl methyl sites for hydroxylation is 1. The largest absolute Gasteiger partial charge is 0.390 e. The van der Waals surface area contributed by atoms with Crippen LogP contribution in [0.4, 0.5) is 0 Å². The molecule has 4 N–H and O–H groups in total. The number of H-pyrrole nitrogens is 1. The molecular formula is C22H33N3O. The Bertz CT molecular complexity index is 732. The van der Waals surface area contributed by atoms with Crippen molar-refractivity contribution in [2.24, 2.45) is 5.73 Å². The van der Waals surface area contributed by atoms with E-state index in [9.17, 15) is 5.11 Å². The van der Waals surface area contributed by atoms with E-state index in [4.69, 9.17) is 5.73 Å². The topological polar surface area (TPSA) is 65.3 Å². The van der Waals surface area contributed by atoms with Gasteiger partial charge in [0.1, 0.15) is 0 Å². The molecule has 1 saturated carbocycles. The predicted molar refractivity (Wildman–Crippen MR) is 107 cm³/mol. The van der Waals surface area contributed by atoms with Gasteiger partial charge in [0.15, 0.2) is 0 Å². The van der Waals surface area contributed by atoms with Crippen LogP contribution in [0.25, 0.3) is 10.9 Å². The SMILES string of the molecule is NCCN1CCC[C@@H]1Cc1c[nH]c2ccc(CCC3(O)CCCC3)cc12. The van der Waals surface area contributed by atoms with Crippen molar-refractivity contribution in [2.75, 3.05) is 19.6 Å².